The quantitative estimate of drug-likeness (QED) is 0.882. The number of carboxylic acid groups (broad SMARTS) is 1. The Kier molecular flexibility index (Phi) is 3.56. The van der Waals surface area contributed by atoms with Crippen LogP contribution in [0.15, 0.2) is 30.3 Å². The van der Waals surface area contributed by atoms with E-state index < -0.39 is 5.97 Å². The normalized spacial score (nSPS) is 14.0. The highest BCUT2D eigenvalue weighted by Crippen LogP contribution is 2.24. The molecule has 2 N–H and O–H groups in total. The van der Waals surface area contributed by atoms with Gasteiger partial charge < -0.3 is 10.4 Å². The van der Waals surface area contributed by atoms with Crippen molar-refractivity contribution in [2.24, 2.45) is 0 Å². The van der Waals surface area contributed by atoms with E-state index in [1.54, 1.807) is 0 Å². The number of hydrogen-bond donors (Lipinski definition) is 2. The zero-order valence-corrected chi connectivity index (χ0v) is 11.8. The maximum absolute atomic E-state index is 11.2. The number of aromatic carboxylic acids is 1. The fraction of sp³-hybridized carbons (Fsp3) is 0.312. The van der Waals surface area contributed by atoms with Crippen molar-refractivity contribution in [2.45, 2.75) is 32.2 Å². The molecule has 1 fully saturated rings. The van der Waals surface area contributed by atoms with E-state index in [1.165, 1.54) is 6.07 Å². The van der Waals surface area contributed by atoms with Gasteiger partial charge in [-0.2, -0.15) is 0 Å². The molecule has 5 heteroatoms. The minimum atomic E-state index is -1.03. The van der Waals surface area contributed by atoms with Crippen molar-refractivity contribution in [3.05, 3.63) is 53.0 Å². The van der Waals surface area contributed by atoms with Crippen molar-refractivity contribution >= 4 is 11.8 Å². The molecule has 0 bridgehead atoms. The molecule has 1 aromatic heterocycles. The number of nitrogens with one attached hydrogen (secondary N) is 1. The zero-order chi connectivity index (χ0) is 14.8. The molecule has 0 unspecified atom stereocenters. The predicted octanol–water partition coefficient (Wildman–Crippen LogP) is 2.65. The Bertz CT molecular complexity index is 681. The monoisotopic (exact) mass is 283 g/mol. The summed E-state index contributed by atoms with van der Waals surface area (Å²) >= 11 is 0. The minimum absolute atomic E-state index is 0.0386. The lowest BCUT2D eigenvalue weighted by atomic mass is 10.1. The maximum Gasteiger partial charge on any atom is 0.354 e. The summed E-state index contributed by atoms with van der Waals surface area (Å²) in [7, 11) is 0. The van der Waals surface area contributed by atoms with Gasteiger partial charge in [-0.05, 0) is 30.9 Å². The molecule has 0 amide bonds. The van der Waals surface area contributed by atoms with Crippen LogP contribution < -0.4 is 5.32 Å². The van der Waals surface area contributed by atoms with Crippen LogP contribution in [0.4, 0.5) is 5.82 Å². The molecule has 1 aliphatic rings. The fourth-order valence-corrected chi connectivity index (χ4v) is 2.18. The average molecular weight is 283 g/mol. The van der Waals surface area contributed by atoms with Crippen molar-refractivity contribution in [2.75, 3.05) is 5.32 Å². The Morgan fingerprint density at radius 1 is 1.33 bits per heavy atom. The number of carbonyl (C=O) groups is 1. The van der Waals surface area contributed by atoms with Gasteiger partial charge in [-0.1, -0.05) is 24.3 Å². The first kappa shape index (κ1) is 13.5. The molecular formula is C16H17N3O2. The molecule has 3 rings (SSSR count). The second-order valence-corrected chi connectivity index (χ2v) is 5.38. The van der Waals surface area contributed by atoms with E-state index in [4.69, 9.17) is 0 Å². The van der Waals surface area contributed by atoms with Crippen molar-refractivity contribution in [1.29, 1.82) is 0 Å². The number of aryl methyl sites for hydroxylation is 1. The number of benzene rings is 1. The minimum Gasteiger partial charge on any atom is -0.477 e. The van der Waals surface area contributed by atoms with Gasteiger partial charge in [0.2, 0.25) is 0 Å². The number of rotatable bonds is 5. The topological polar surface area (TPSA) is 75.1 Å². The molecule has 0 radical (unpaired) electrons. The Morgan fingerprint density at radius 3 is 2.76 bits per heavy atom. The summed E-state index contributed by atoms with van der Waals surface area (Å²) in [5.41, 5.74) is 2.30. The second-order valence-electron chi connectivity index (χ2n) is 5.38. The molecule has 1 saturated carbocycles. The van der Waals surface area contributed by atoms with E-state index >= 15 is 0 Å². The summed E-state index contributed by atoms with van der Waals surface area (Å²) in [5.74, 6) is 0.114. The van der Waals surface area contributed by atoms with Crippen LogP contribution in [-0.2, 0) is 6.42 Å². The van der Waals surface area contributed by atoms with Crippen LogP contribution in [0.3, 0.4) is 0 Å². The van der Waals surface area contributed by atoms with Gasteiger partial charge >= 0.3 is 5.97 Å². The first-order chi connectivity index (χ1) is 10.1. The van der Waals surface area contributed by atoms with Crippen molar-refractivity contribution in [3.8, 4) is 0 Å². The Labute approximate surface area is 123 Å². The third kappa shape index (κ3) is 3.37. The lowest BCUT2D eigenvalue weighted by molar-refractivity contribution is 0.0690. The smallest absolute Gasteiger partial charge is 0.354 e. The summed E-state index contributed by atoms with van der Waals surface area (Å²) < 4.78 is 0. The molecule has 108 valence electrons. The molecular weight excluding hydrogens is 266 g/mol. The first-order valence-electron chi connectivity index (χ1n) is 7.04. The highest BCUT2D eigenvalue weighted by atomic mass is 16.4. The standard InChI is InChI=1S/C16H17N3O2/c1-10-4-2-3-5-11(10)8-14-18-13(16(20)21)9-15(19-14)17-12-6-7-12/h2-5,9,12H,6-8H2,1H3,(H,20,21)(H,17,18,19). The van der Waals surface area contributed by atoms with Gasteiger partial charge in [0.25, 0.3) is 0 Å². The molecule has 0 spiro atoms. The third-order valence-corrected chi connectivity index (χ3v) is 3.53. The number of carboxylic acids is 1. The number of nitrogens with zero attached hydrogens (tertiary/aromatic N) is 2. The van der Waals surface area contributed by atoms with Crippen molar-refractivity contribution in [1.82, 2.24) is 9.97 Å². The maximum atomic E-state index is 11.2. The molecule has 0 aliphatic heterocycles. The number of anilines is 1. The molecule has 0 atom stereocenters. The number of aromatic nitrogens is 2. The van der Waals surface area contributed by atoms with Crippen molar-refractivity contribution in [3.63, 3.8) is 0 Å². The average Bonchev–Trinajstić information content (AvgIpc) is 3.25. The van der Waals surface area contributed by atoms with E-state index in [0.717, 1.165) is 24.0 Å². The molecule has 1 heterocycles. The predicted molar refractivity (Wildman–Crippen MR) is 79.6 cm³/mol. The van der Waals surface area contributed by atoms with Gasteiger partial charge in [0.05, 0.1) is 0 Å². The van der Waals surface area contributed by atoms with E-state index in [0.29, 0.717) is 24.1 Å². The van der Waals surface area contributed by atoms with E-state index in [-0.39, 0.29) is 5.69 Å². The van der Waals surface area contributed by atoms with Gasteiger partial charge in [-0.3, -0.25) is 0 Å². The van der Waals surface area contributed by atoms with E-state index in [1.807, 2.05) is 31.2 Å². The van der Waals surface area contributed by atoms with Crippen LogP contribution in [0.25, 0.3) is 0 Å². The van der Waals surface area contributed by atoms with Crippen LogP contribution in [-0.4, -0.2) is 27.1 Å². The van der Waals surface area contributed by atoms with E-state index in [2.05, 4.69) is 15.3 Å². The molecule has 5 nitrogen and oxygen atoms in total. The Balaban J connectivity index is 1.90. The molecule has 21 heavy (non-hydrogen) atoms. The van der Waals surface area contributed by atoms with Gasteiger partial charge in [0.15, 0.2) is 5.69 Å². The highest BCUT2D eigenvalue weighted by Gasteiger charge is 2.22. The summed E-state index contributed by atoms with van der Waals surface area (Å²) in [5, 5.41) is 12.4. The molecule has 1 aliphatic carbocycles. The summed E-state index contributed by atoms with van der Waals surface area (Å²) in [4.78, 5) is 19.8. The summed E-state index contributed by atoms with van der Waals surface area (Å²) in [6.07, 6.45) is 2.76. The van der Waals surface area contributed by atoms with Crippen LogP contribution >= 0.6 is 0 Å². The van der Waals surface area contributed by atoms with Crippen LogP contribution in [0.5, 0.6) is 0 Å². The van der Waals surface area contributed by atoms with Gasteiger partial charge in [0.1, 0.15) is 11.6 Å². The van der Waals surface area contributed by atoms with Crippen LogP contribution in [0.1, 0.15) is 40.3 Å². The Hall–Kier alpha value is -2.43. The first-order valence-corrected chi connectivity index (χ1v) is 7.04. The SMILES string of the molecule is Cc1ccccc1Cc1nc(NC2CC2)cc(C(=O)O)n1. The summed E-state index contributed by atoms with van der Waals surface area (Å²) in [6.45, 7) is 2.03. The molecule has 1 aromatic carbocycles. The van der Waals surface area contributed by atoms with E-state index in [9.17, 15) is 9.90 Å². The third-order valence-electron chi connectivity index (χ3n) is 3.53. The zero-order valence-electron chi connectivity index (χ0n) is 11.8. The fourth-order valence-electron chi connectivity index (χ4n) is 2.18. The highest BCUT2D eigenvalue weighted by molar-refractivity contribution is 5.86. The largest absolute Gasteiger partial charge is 0.477 e. The lowest BCUT2D eigenvalue weighted by Crippen LogP contribution is -2.11. The number of hydrogen-bond acceptors (Lipinski definition) is 4. The summed E-state index contributed by atoms with van der Waals surface area (Å²) in [6, 6.07) is 9.91. The van der Waals surface area contributed by atoms with Crippen LogP contribution in [0, 0.1) is 6.92 Å². The Morgan fingerprint density at radius 2 is 2.10 bits per heavy atom. The molecule has 2 aromatic rings. The second kappa shape index (κ2) is 5.52. The van der Waals surface area contributed by atoms with Crippen LogP contribution in [0.2, 0.25) is 0 Å². The van der Waals surface area contributed by atoms with Gasteiger partial charge in [-0.25, -0.2) is 14.8 Å². The van der Waals surface area contributed by atoms with Gasteiger partial charge in [-0.15, -0.1) is 0 Å². The van der Waals surface area contributed by atoms with Gasteiger partial charge in [0, 0.05) is 18.5 Å². The lowest BCUT2D eigenvalue weighted by Gasteiger charge is -2.09. The van der Waals surface area contributed by atoms with Crippen molar-refractivity contribution < 1.29 is 9.90 Å². The molecule has 0 saturated heterocycles.